The van der Waals surface area contributed by atoms with E-state index in [-0.39, 0.29) is 11.9 Å². The zero-order chi connectivity index (χ0) is 12.4. The molecule has 2 aromatic rings. The lowest BCUT2D eigenvalue weighted by Gasteiger charge is -2.11. The summed E-state index contributed by atoms with van der Waals surface area (Å²) < 4.78 is 15.3. The van der Waals surface area contributed by atoms with Gasteiger partial charge in [-0.25, -0.2) is 4.39 Å². The fourth-order valence-corrected chi connectivity index (χ4v) is 3.42. The van der Waals surface area contributed by atoms with Gasteiger partial charge in [0.2, 0.25) is 0 Å². The van der Waals surface area contributed by atoms with Crippen LogP contribution < -0.4 is 5.73 Å². The topological polar surface area (TPSA) is 26.0 Å². The van der Waals surface area contributed by atoms with Gasteiger partial charge in [0.15, 0.2) is 0 Å². The Hall–Kier alpha value is 0.0200. The summed E-state index contributed by atoms with van der Waals surface area (Å²) in [5.74, 6) is -0.227. The van der Waals surface area contributed by atoms with Crippen molar-refractivity contribution in [2.24, 2.45) is 5.73 Å². The maximum absolute atomic E-state index is 13.1. The highest BCUT2D eigenvalue weighted by atomic mass is 127. The first kappa shape index (κ1) is 13.5. The van der Waals surface area contributed by atoms with Crippen LogP contribution >= 0.6 is 49.9 Å². The molecule has 2 rings (SSSR count). The highest BCUT2D eigenvalue weighted by Crippen LogP contribution is 2.26. The minimum Gasteiger partial charge on any atom is -0.324 e. The van der Waals surface area contributed by atoms with Gasteiger partial charge in [0.25, 0.3) is 0 Å². The Labute approximate surface area is 125 Å². The molecule has 1 aromatic heterocycles. The molecule has 0 saturated heterocycles. The van der Waals surface area contributed by atoms with E-state index in [1.54, 1.807) is 17.4 Å². The normalized spacial score (nSPS) is 12.7. The highest BCUT2D eigenvalue weighted by molar-refractivity contribution is 14.1. The van der Waals surface area contributed by atoms with E-state index in [1.165, 1.54) is 15.0 Å². The second kappa shape index (κ2) is 5.77. The predicted octanol–water partition coefficient (Wildman–Crippen LogP) is 4.50. The Morgan fingerprint density at radius 3 is 2.82 bits per heavy atom. The monoisotopic (exact) mass is 425 g/mol. The molecule has 1 nitrogen and oxygen atoms in total. The number of rotatable bonds is 3. The molecule has 1 atom stereocenters. The zero-order valence-electron chi connectivity index (χ0n) is 8.79. The van der Waals surface area contributed by atoms with Crippen LogP contribution in [0, 0.1) is 8.70 Å². The fraction of sp³-hybridized carbons (Fsp3) is 0.167. The van der Waals surface area contributed by atoms with Crippen molar-refractivity contribution >= 4 is 49.9 Å². The van der Waals surface area contributed by atoms with Crippen LogP contribution in [0.15, 0.2) is 34.1 Å². The van der Waals surface area contributed by atoms with Gasteiger partial charge in [0.05, 0.1) is 2.88 Å². The molecule has 90 valence electrons. The molecular weight excluding hydrogens is 416 g/mol. The molecule has 5 heteroatoms. The summed E-state index contributed by atoms with van der Waals surface area (Å²) >= 11 is 7.36. The van der Waals surface area contributed by atoms with E-state index in [1.807, 2.05) is 0 Å². The van der Waals surface area contributed by atoms with Gasteiger partial charge >= 0.3 is 0 Å². The van der Waals surface area contributed by atoms with E-state index in [4.69, 9.17) is 5.73 Å². The number of hydrogen-bond acceptors (Lipinski definition) is 2. The van der Waals surface area contributed by atoms with E-state index in [0.29, 0.717) is 6.42 Å². The van der Waals surface area contributed by atoms with Gasteiger partial charge in [-0.05, 0) is 69.8 Å². The lowest BCUT2D eigenvalue weighted by molar-refractivity contribution is 0.621. The Morgan fingerprint density at radius 1 is 1.41 bits per heavy atom. The molecule has 0 aliphatic heterocycles. The van der Waals surface area contributed by atoms with Crippen molar-refractivity contribution in [2.45, 2.75) is 12.5 Å². The fourth-order valence-electron chi connectivity index (χ4n) is 1.57. The minimum atomic E-state index is -0.227. The number of benzene rings is 1. The number of halogens is 3. The number of nitrogens with two attached hydrogens (primary N) is 1. The van der Waals surface area contributed by atoms with Gasteiger partial charge < -0.3 is 5.73 Å². The van der Waals surface area contributed by atoms with Crippen molar-refractivity contribution < 1.29 is 4.39 Å². The van der Waals surface area contributed by atoms with Crippen LogP contribution in [0.25, 0.3) is 0 Å². The second-order valence-corrected chi connectivity index (χ2v) is 7.39. The van der Waals surface area contributed by atoms with Crippen molar-refractivity contribution in [2.75, 3.05) is 0 Å². The SMILES string of the molecule is NC(Cc1cc(F)ccc1Br)c1csc(I)c1. The number of thiophene rings is 1. The van der Waals surface area contributed by atoms with Gasteiger partial charge in [-0.15, -0.1) is 11.3 Å². The first-order valence-electron chi connectivity index (χ1n) is 4.99. The van der Waals surface area contributed by atoms with Crippen molar-refractivity contribution in [3.63, 3.8) is 0 Å². The Bertz CT molecular complexity index is 529. The first-order valence-corrected chi connectivity index (χ1v) is 7.75. The van der Waals surface area contributed by atoms with Crippen LogP contribution in [0.1, 0.15) is 17.2 Å². The molecule has 0 spiro atoms. The smallest absolute Gasteiger partial charge is 0.123 e. The maximum Gasteiger partial charge on any atom is 0.123 e. The van der Waals surface area contributed by atoms with Crippen LogP contribution in [-0.2, 0) is 6.42 Å². The molecule has 0 fully saturated rings. The summed E-state index contributed by atoms with van der Waals surface area (Å²) in [6.45, 7) is 0. The van der Waals surface area contributed by atoms with Crippen LogP contribution in [-0.4, -0.2) is 0 Å². The summed E-state index contributed by atoms with van der Waals surface area (Å²) in [5, 5.41) is 2.06. The van der Waals surface area contributed by atoms with Gasteiger partial charge in [-0.1, -0.05) is 15.9 Å². The van der Waals surface area contributed by atoms with Crippen molar-refractivity contribution in [1.29, 1.82) is 0 Å². The van der Waals surface area contributed by atoms with E-state index in [0.717, 1.165) is 15.6 Å². The molecule has 0 aliphatic carbocycles. The molecular formula is C12H10BrFINS. The van der Waals surface area contributed by atoms with Crippen LogP contribution in [0.2, 0.25) is 0 Å². The first-order chi connectivity index (χ1) is 8.06. The van der Waals surface area contributed by atoms with Crippen LogP contribution in [0.4, 0.5) is 4.39 Å². The summed E-state index contributed by atoms with van der Waals surface area (Å²) in [4.78, 5) is 0. The Morgan fingerprint density at radius 2 is 2.18 bits per heavy atom. The van der Waals surface area contributed by atoms with E-state index < -0.39 is 0 Å². The molecule has 0 amide bonds. The molecule has 1 unspecified atom stereocenters. The Balaban J connectivity index is 2.18. The van der Waals surface area contributed by atoms with Crippen LogP contribution in [0.3, 0.4) is 0 Å². The summed E-state index contributed by atoms with van der Waals surface area (Å²) in [6.07, 6.45) is 0.630. The average Bonchev–Trinajstić information content (AvgIpc) is 2.70. The molecule has 1 heterocycles. The average molecular weight is 426 g/mol. The molecule has 0 radical (unpaired) electrons. The molecule has 0 saturated carbocycles. The summed E-state index contributed by atoms with van der Waals surface area (Å²) in [7, 11) is 0. The van der Waals surface area contributed by atoms with E-state index in [9.17, 15) is 4.39 Å². The van der Waals surface area contributed by atoms with Crippen molar-refractivity contribution in [3.8, 4) is 0 Å². The zero-order valence-corrected chi connectivity index (χ0v) is 13.4. The predicted molar refractivity (Wildman–Crippen MR) is 81.8 cm³/mol. The largest absolute Gasteiger partial charge is 0.324 e. The van der Waals surface area contributed by atoms with Gasteiger partial charge in [0.1, 0.15) is 5.82 Å². The highest BCUT2D eigenvalue weighted by Gasteiger charge is 2.11. The minimum absolute atomic E-state index is 0.0899. The number of hydrogen-bond donors (Lipinski definition) is 1. The third-order valence-electron chi connectivity index (χ3n) is 2.46. The summed E-state index contributed by atoms with van der Waals surface area (Å²) in [6, 6.07) is 6.67. The maximum atomic E-state index is 13.1. The second-order valence-electron chi connectivity index (χ2n) is 3.73. The standard InChI is InChI=1S/C12H10BrFINS/c13-10-2-1-9(14)3-7(10)4-11(16)8-5-12(15)17-6-8/h1-3,5-6,11H,4,16H2. The van der Waals surface area contributed by atoms with E-state index in [2.05, 4.69) is 50.0 Å². The molecule has 0 aliphatic rings. The van der Waals surface area contributed by atoms with Gasteiger partial charge in [-0.2, -0.15) is 0 Å². The molecule has 17 heavy (non-hydrogen) atoms. The molecule has 2 N–H and O–H groups in total. The third kappa shape index (κ3) is 3.49. The van der Waals surface area contributed by atoms with Crippen molar-refractivity contribution in [3.05, 3.63) is 53.9 Å². The lowest BCUT2D eigenvalue weighted by Crippen LogP contribution is -2.12. The van der Waals surface area contributed by atoms with Crippen LogP contribution in [0.5, 0.6) is 0 Å². The van der Waals surface area contributed by atoms with Crippen molar-refractivity contribution in [1.82, 2.24) is 0 Å². The molecule has 1 aromatic carbocycles. The lowest BCUT2D eigenvalue weighted by atomic mass is 10.0. The summed E-state index contributed by atoms with van der Waals surface area (Å²) in [5.41, 5.74) is 8.13. The van der Waals surface area contributed by atoms with Gasteiger partial charge in [-0.3, -0.25) is 0 Å². The van der Waals surface area contributed by atoms with E-state index >= 15 is 0 Å². The van der Waals surface area contributed by atoms with Gasteiger partial charge in [0, 0.05) is 10.5 Å². The Kier molecular flexibility index (Phi) is 4.57. The molecule has 0 bridgehead atoms. The quantitative estimate of drug-likeness (QED) is 0.720. The third-order valence-corrected chi connectivity index (χ3v) is 5.04.